The van der Waals surface area contributed by atoms with Crippen molar-refractivity contribution >= 4 is 34.4 Å². The molecule has 0 aliphatic carbocycles. The molecule has 0 aliphatic rings. The van der Waals surface area contributed by atoms with Gasteiger partial charge in [0.15, 0.2) is 0 Å². The van der Waals surface area contributed by atoms with Gasteiger partial charge in [-0.2, -0.15) is 0 Å². The van der Waals surface area contributed by atoms with Crippen LogP contribution < -0.4 is 11.1 Å². The van der Waals surface area contributed by atoms with E-state index in [0.29, 0.717) is 16.1 Å². The zero-order valence-corrected chi connectivity index (χ0v) is 15.3. The Morgan fingerprint density at radius 2 is 1.88 bits per heavy atom. The average Bonchev–Trinajstić information content (AvgIpc) is 3.05. The SMILES string of the molecule is C=C(/C=C(\NC(C)=O)c1ccccc1CCC)c1ccc(C(N)=O)s1. The standard InChI is InChI=1S/C20H22N2O2S/c1-4-7-15-8-5-6-9-16(15)17(22-14(3)23)12-13(2)18-10-11-19(25-18)20(21)24/h5-6,8-12H,2,4,7H2,1,3H3,(H2,21,24)(H,22,23)/b17-12-. The molecular weight excluding hydrogens is 332 g/mol. The molecule has 130 valence electrons. The monoisotopic (exact) mass is 354 g/mol. The lowest BCUT2D eigenvalue weighted by Crippen LogP contribution is -2.19. The van der Waals surface area contributed by atoms with Gasteiger partial charge in [-0.1, -0.05) is 44.2 Å². The normalized spacial score (nSPS) is 11.2. The highest BCUT2D eigenvalue weighted by molar-refractivity contribution is 7.15. The van der Waals surface area contributed by atoms with E-state index < -0.39 is 5.91 Å². The van der Waals surface area contributed by atoms with Crippen molar-refractivity contribution in [2.75, 3.05) is 0 Å². The quantitative estimate of drug-likeness (QED) is 0.738. The van der Waals surface area contributed by atoms with Crippen LogP contribution in [-0.4, -0.2) is 11.8 Å². The summed E-state index contributed by atoms with van der Waals surface area (Å²) in [5.74, 6) is -0.599. The number of carbonyl (C=O) groups is 2. The van der Waals surface area contributed by atoms with Crippen molar-refractivity contribution in [3.8, 4) is 0 Å². The lowest BCUT2D eigenvalue weighted by atomic mass is 9.99. The van der Waals surface area contributed by atoms with Crippen LogP contribution >= 0.6 is 11.3 Å². The summed E-state index contributed by atoms with van der Waals surface area (Å²) in [6.07, 6.45) is 3.77. The number of nitrogens with two attached hydrogens (primary N) is 1. The molecule has 0 bridgehead atoms. The molecule has 2 aromatic rings. The van der Waals surface area contributed by atoms with Gasteiger partial charge in [-0.25, -0.2) is 0 Å². The van der Waals surface area contributed by atoms with Crippen LogP contribution in [0.5, 0.6) is 0 Å². The fraction of sp³-hybridized carbons (Fsp3) is 0.200. The third-order valence-electron chi connectivity index (χ3n) is 3.62. The van der Waals surface area contributed by atoms with Crippen LogP contribution in [0.3, 0.4) is 0 Å². The molecule has 2 amide bonds. The van der Waals surface area contributed by atoms with Crippen molar-refractivity contribution in [1.29, 1.82) is 0 Å². The van der Waals surface area contributed by atoms with Crippen LogP contribution in [0.25, 0.3) is 11.3 Å². The second kappa shape index (κ2) is 8.44. The van der Waals surface area contributed by atoms with Gasteiger partial charge < -0.3 is 11.1 Å². The summed E-state index contributed by atoms with van der Waals surface area (Å²) in [4.78, 5) is 24.3. The van der Waals surface area contributed by atoms with Crippen LogP contribution in [-0.2, 0) is 11.2 Å². The number of carbonyl (C=O) groups excluding carboxylic acids is 2. The van der Waals surface area contributed by atoms with E-state index in [0.717, 1.165) is 23.3 Å². The largest absolute Gasteiger partial charge is 0.365 e. The van der Waals surface area contributed by atoms with Gasteiger partial charge in [0.1, 0.15) is 0 Å². The number of allylic oxidation sites excluding steroid dienone is 2. The van der Waals surface area contributed by atoms with E-state index in [1.54, 1.807) is 6.07 Å². The second-order valence-electron chi connectivity index (χ2n) is 5.70. The number of aryl methyl sites for hydroxylation is 1. The predicted octanol–water partition coefficient (Wildman–Crippen LogP) is 3.99. The molecule has 0 spiro atoms. The number of hydrogen-bond donors (Lipinski definition) is 2. The van der Waals surface area contributed by atoms with Gasteiger partial charge in [-0.15, -0.1) is 11.3 Å². The molecule has 0 unspecified atom stereocenters. The number of nitrogens with one attached hydrogen (secondary N) is 1. The topological polar surface area (TPSA) is 72.2 Å². The first-order valence-corrected chi connectivity index (χ1v) is 8.90. The van der Waals surface area contributed by atoms with Crippen LogP contribution in [0.2, 0.25) is 0 Å². The summed E-state index contributed by atoms with van der Waals surface area (Å²) < 4.78 is 0. The van der Waals surface area contributed by atoms with Crippen molar-refractivity contribution < 1.29 is 9.59 Å². The Balaban J connectivity index is 2.42. The number of amides is 2. The summed E-state index contributed by atoms with van der Waals surface area (Å²) >= 11 is 1.29. The molecule has 2 rings (SSSR count). The van der Waals surface area contributed by atoms with E-state index in [4.69, 9.17) is 5.73 Å². The molecule has 0 saturated carbocycles. The van der Waals surface area contributed by atoms with E-state index in [1.165, 1.54) is 23.8 Å². The molecule has 0 atom stereocenters. The van der Waals surface area contributed by atoms with Crippen LogP contribution in [0.15, 0.2) is 49.1 Å². The highest BCUT2D eigenvalue weighted by atomic mass is 32.1. The maximum atomic E-state index is 11.7. The number of thiophene rings is 1. The molecule has 0 saturated heterocycles. The fourth-order valence-electron chi connectivity index (χ4n) is 2.53. The lowest BCUT2D eigenvalue weighted by Gasteiger charge is -2.14. The van der Waals surface area contributed by atoms with E-state index in [2.05, 4.69) is 24.9 Å². The van der Waals surface area contributed by atoms with Crippen LogP contribution in [0.4, 0.5) is 0 Å². The minimum atomic E-state index is -0.455. The summed E-state index contributed by atoms with van der Waals surface area (Å²) in [6.45, 7) is 7.68. The molecule has 0 radical (unpaired) electrons. The first kappa shape index (κ1) is 18.7. The molecule has 1 aromatic heterocycles. The van der Waals surface area contributed by atoms with Crippen LogP contribution in [0.1, 0.15) is 45.9 Å². The minimum absolute atomic E-state index is 0.144. The van der Waals surface area contributed by atoms with Gasteiger partial charge >= 0.3 is 0 Å². The Bertz CT molecular complexity index is 834. The number of rotatable bonds is 7. The van der Waals surface area contributed by atoms with Crippen molar-refractivity contribution in [3.63, 3.8) is 0 Å². The number of primary amides is 1. The van der Waals surface area contributed by atoms with Crippen molar-refractivity contribution in [3.05, 3.63) is 69.9 Å². The third-order valence-corrected chi connectivity index (χ3v) is 4.80. The van der Waals surface area contributed by atoms with E-state index in [1.807, 2.05) is 30.3 Å². The molecule has 5 heteroatoms. The predicted molar refractivity (Wildman–Crippen MR) is 104 cm³/mol. The Labute approximate surface area is 152 Å². The molecule has 0 fully saturated rings. The van der Waals surface area contributed by atoms with Crippen molar-refractivity contribution in [2.45, 2.75) is 26.7 Å². The van der Waals surface area contributed by atoms with Gasteiger partial charge in [0, 0.05) is 23.1 Å². The second-order valence-corrected chi connectivity index (χ2v) is 6.78. The van der Waals surface area contributed by atoms with Gasteiger partial charge in [-0.3, -0.25) is 9.59 Å². The molecule has 1 heterocycles. The lowest BCUT2D eigenvalue weighted by molar-refractivity contribution is -0.117. The Kier molecular flexibility index (Phi) is 6.31. The summed E-state index contributed by atoms with van der Waals surface area (Å²) in [5, 5.41) is 2.90. The van der Waals surface area contributed by atoms with Crippen molar-refractivity contribution in [1.82, 2.24) is 5.32 Å². The minimum Gasteiger partial charge on any atom is -0.365 e. The van der Waals surface area contributed by atoms with Crippen LogP contribution in [0, 0.1) is 0 Å². The smallest absolute Gasteiger partial charge is 0.258 e. The third kappa shape index (κ3) is 4.90. The van der Waals surface area contributed by atoms with Gasteiger partial charge in [0.25, 0.3) is 5.91 Å². The van der Waals surface area contributed by atoms with Gasteiger partial charge in [0.2, 0.25) is 5.91 Å². The summed E-state index contributed by atoms with van der Waals surface area (Å²) in [7, 11) is 0. The van der Waals surface area contributed by atoms with E-state index in [9.17, 15) is 9.59 Å². The maximum Gasteiger partial charge on any atom is 0.258 e. The van der Waals surface area contributed by atoms with Gasteiger partial charge in [0.05, 0.1) is 4.88 Å². The molecule has 25 heavy (non-hydrogen) atoms. The first-order valence-electron chi connectivity index (χ1n) is 8.08. The zero-order chi connectivity index (χ0) is 18.4. The maximum absolute atomic E-state index is 11.7. The Morgan fingerprint density at radius 1 is 1.20 bits per heavy atom. The summed E-state index contributed by atoms with van der Waals surface area (Å²) in [5.41, 5.74) is 8.87. The molecule has 3 N–H and O–H groups in total. The van der Waals surface area contributed by atoms with Gasteiger partial charge in [-0.05, 0) is 35.8 Å². The average molecular weight is 354 g/mol. The van der Waals surface area contributed by atoms with E-state index in [-0.39, 0.29) is 5.91 Å². The Hall–Kier alpha value is -2.66. The molecular formula is C20H22N2O2S. The zero-order valence-electron chi connectivity index (χ0n) is 14.5. The molecule has 0 aliphatic heterocycles. The summed E-state index contributed by atoms with van der Waals surface area (Å²) in [6, 6.07) is 11.5. The first-order chi connectivity index (χ1) is 11.9. The Morgan fingerprint density at radius 3 is 2.48 bits per heavy atom. The number of benzene rings is 1. The van der Waals surface area contributed by atoms with E-state index >= 15 is 0 Å². The van der Waals surface area contributed by atoms with Crippen molar-refractivity contribution in [2.24, 2.45) is 5.73 Å². The number of hydrogen-bond acceptors (Lipinski definition) is 3. The molecule has 1 aromatic carbocycles. The molecule has 4 nitrogen and oxygen atoms in total. The highest BCUT2D eigenvalue weighted by Crippen LogP contribution is 2.27. The highest BCUT2D eigenvalue weighted by Gasteiger charge is 2.11. The fourth-order valence-corrected chi connectivity index (χ4v) is 3.33.